The molecule has 2 fully saturated rings. The molecule has 25 heavy (non-hydrogen) atoms. The molecule has 128 valence electrons. The minimum Gasteiger partial charge on any atom is -0.294 e. The number of anilines is 1. The molecule has 2 aromatic carbocycles. The van der Waals surface area contributed by atoms with E-state index in [2.05, 4.69) is 5.32 Å². The van der Waals surface area contributed by atoms with E-state index in [9.17, 15) is 9.59 Å². The van der Waals surface area contributed by atoms with E-state index in [0.29, 0.717) is 15.6 Å². The van der Waals surface area contributed by atoms with Crippen molar-refractivity contribution in [1.29, 1.82) is 0 Å². The molecule has 2 amide bonds. The van der Waals surface area contributed by atoms with Gasteiger partial charge in [-0.1, -0.05) is 47.5 Å². The van der Waals surface area contributed by atoms with E-state index in [1.165, 1.54) is 0 Å². The second kappa shape index (κ2) is 6.02. The van der Waals surface area contributed by atoms with Crippen LogP contribution in [0.15, 0.2) is 42.5 Å². The summed E-state index contributed by atoms with van der Waals surface area (Å²) < 4.78 is 0. The topological polar surface area (TPSA) is 58.6 Å². The van der Waals surface area contributed by atoms with Crippen LogP contribution in [0.2, 0.25) is 10.0 Å². The summed E-state index contributed by atoms with van der Waals surface area (Å²) in [6.07, 6.45) is -0.871. The Morgan fingerprint density at radius 1 is 1.08 bits per heavy atom. The van der Waals surface area contributed by atoms with Gasteiger partial charge >= 0.3 is 0 Å². The van der Waals surface area contributed by atoms with Crippen molar-refractivity contribution in [2.24, 2.45) is 5.92 Å². The van der Waals surface area contributed by atoms with E-state index in [1.807, 2.05) is 31.2 Å². The zero-order chi connectivity index (χ0) is 17.7. The van der Waals surface area contributed by atoms with Crippen LogP contribution >= 0.6 is 23.2 Å². The van der Waals surface area contributed by atoms with Crippen molar-refractivity contribution in [3.05, 3.63) is 63.6 Å². The molecule has 4 rings (SSSR count). The average molecular weight is 377 g/mol. The van der Waals surface area contributed by atoms with Crippen LogP contribution in [-0.4, -0.2) is 17.9 Å². The van der Waals surface area contributed by atoms with E-state index in [4.69, 9.17) is 28.0 Å². The van der Waals surface area contributed by atoms with Crippen LogP contribution in [0.1, 0.15) is 17.2 Å². The normalized spacial score (nSPS) is 25.2. The largest absolute Gasteiger partial charge is 0.294 e. The van der Waals surface area contributed by atoms with Crippen LogP contribution in [0, 0.1) is 12.8 Å². The fourth-order valence-corrected chi connectivity index (χ4v) is 3.93. The van der Waals surface area contributed by atoms with Crippen LogP contribution in [0.25, 0.3) is 0 Å². The molecule has 2 aliphatic heterocycles. The molecular formula is C18H14Cl2N2O3. The second-order valence-electron chi connectivity index (χ2n) is 6.13. The average Bonchev–Trinajstić information content (AvgIpc) is 3.07. The number of para-hydroxylation sites is 1. The zero-order valence-electron chi connectivity index (χ0n) is 13.2. The summed E-state index contributed by atoms with van der Waals surface area (Å²) in [6.45, 7) is 1.94. The molecule has 0 aliphatic carbocycles. The standard InChI is InChI=1S/C18H14Cl2N2O3/c1-9-4-2-3-5-13(9)22-15(11-7-6-10(19)8-12(11)20)14-16(25-22)18(24)21-17(14)23/h2-8,14-16H,1H3,(H,21,23,24). The Morgan fingerprint density at radius 3 is 2.56 bits per heavy atom. The number of halogens is 2. The number of amides is 2. The first-order valence-electron chi connectivity index (χ1n) is 7.78. The lowest BCUT2D eigenvalue weighted by Crippen LogP contribution is -2.33. The summed E-state index contributed by atoms with van der Waals surface area (Å²) >= 11 is 12.4. The summed E-state index contributed by atoms with van der Waals surface area (Å²) in [4.78, 5) is 30.4. The Balaban J connectivity index is 1.87. The summed E-state index contributed by atoms with van der Waals surface area (Å²) in [7, 11) is 0. The predicted octanol–water partition coefficient (Wildman–Crippen LogP) is 3.44. The SMILES string of the molecule is Cc1ccccc1N1OC2C(=O)NC(=O)C2C1c1ccc(Cl)cc1Cl. The number of nitrogens with zero attached hydrogens (tertiary/aromatic N) is 1. The van der Waals surface area contributed by atoms with Gasteiger partial charge in [0.2, 0.25) is 5.91 Å². The van der Waals surface area contributed by atoms with Gasteiger partial charge in [0.05, 0.1) is 11.7 Å². The molecule has 1 N–H and O–H groups in total. The molecule has 0 radical (unpaired) electrons. The van der Waals surface area contributed by atoms with Gasteiger partial charge in [-0.2, -0.15) is 0 Å². The van der Waals surface area contributed by atoms with Gasteiger partial charge in [-0.15, -0.1) is 0 Å². The first-order valence-corrected chi connectivity index (χ1v) is 8.54. The molecule has 3 unspecified atom stereocenters. The molecule has 2 aliphatic rings. The third-order valence-electron chi connectivity index (χ3n) is 4.59. The fourth-order valence-electron chi connectivity index (χ4n) is 3.41. The van der Waals surface area contributed by atoms with Crippen LogP contribution in [-0.2, 0) is 14.4 Å². The molecule has 7 heteroatoms. The van der Waals surface area contributed by atoms with Crippen LogP contribution < -0.4 is 10.4 Å². The Hall–Kier alpha value is -2.08. The van der Waals surface area contributed by atoms with E-state index in [1.54, 1.807) is 23.3 Å². The number of carbonyl (C=O) groups is 2. The molecule has 2 heterocycles. The first kappa shape index (κ1) is 16.4. The molecule has 0 spiro atoms. The maximum atomic E-state index is 12.4. The third kappa shape index (κ3) is 2.59. The van der Waals surface area contributed by atoms with Gasteiger partial charge in [0.1, 0.15) is 5.92 Å². The number of hydrogen-bond acceptors (Lipinski definition) is 4. The Kier molecular flexibility index (Phi) is 3.95. The van der Waals surface area contributed by atoms with Crippen molar-refractivity contribution >= 4 is 40.7 Å². The zero-order valence-corrected chi connectivity index (χ0v) is 14.7. The van der Waals surface area contributed by atoms with Gasteiger partial charge < -0.3 is 0 Å². The monoisotopic (exact) mass is 376 g/mol. The van der Waals surface area contributed by atoms with Gasteiger partial charge in [0.15, 0.2) is 6.10 Å². The number of aryl methyl sites for hydroxylation is 1. The Labute approximate surface area is 154 Å². The van der Waals surface area contributed by atoms with Crippen LogP contribution in [0.5, 0.6) is 0 Å². The Bertz CT molecular complexity index is 886. The summed E-state index contributed by atoms with van der Waals surface area (Å²) in [5.74, 6) is -1.46. The highest BCUT2D eigenvalue weighted by molar-refractivity contribution is 6.35. The van der Waals surface area contributed by atoms with Crippen molar-refractivity contribution in [3.63, 3.8) is 0 Å². The molecule has 2 saturated heterocycles. The number of benzene rings is 2. The van der Waals surface area contributed by atoms with Gasteiger partial charge in [0, 0.05) is 10.0 Å². The number of rotatable bonds is 2. The van der Waals surface area contributed by atoms with Crippen molar-refractivity contribution in [3.8, 4) is 0 Å². The Morgan fingerprint density at radius 2 is 1.84 bits per heavy atom. The minimum atomic E-state index is -0.871. The summed E-state index contributed by atoms with van der Waals surface area (Å²) in [5, 5.41) is 4.88. The number of imide groups is 1. The fraction of sp³-hybridized carbons (Fsp3) is 0.222. The third-order valence-corrected chi connectivity index (χ3v) is 5.15. The highest BCUT2D eigenvalue weighted by atomic mass is 35.5. The molecule has 2 aromatic rings. The quantitative estimate of drug-likeness (QED) is 0.815. The first-order chi connectivity index (χ1) is 12.0. The van der Waals surface area contributed by atoms with E-state index in [-0.39, 0.29) is 5.91 Å². The lowest BCUT2D eigenvalue weighted by Gasteiger charge is -2.29. The highest BCUT2D eigenvalue weighted by Crippen LogP contribution is 2.47. The smallest absolute Gasteiger partial charge is 0.259 e. The van der Waals surface area contributed by atoms with Crippen molar-refractivity contribution < 1.29 is 14.4 Å². The van der Waals surface area contributed by atoms with Crippen molar-refractivity contribution in [2.75, 3.05) is 5.06 Å². The maximum absolute atomic E-state index is 12.4. The summed E-state index contributed by atoms with van der Waals surface area (Å²) in [6, 6.07) is 12.2. The van der Waals surface area contributed by atoms with Gasteiger partial charge in [-0.05, 0) is 36.2 Å². The van der Waals surface area contributed by atoms with Crippen molar-refractivity contribution in [1.82, 2.24) is 5.32 Å². The van der Waals surface area contributed by atoms with Gasteiger partial charge in [0.25, 0.3) is 5.91 Å². The number of hydrogen-bond donors (Lipinski definition) is 1. The van der Waals surface area contributed by atoms with E-state index >= 15 is 0 Å². The molecule has 3 atom stereocenters. The molecule has 0 bridgehead atoms. The van der Waals surface area contributed by atoms with Gasteiger partial charge in [-0.3, -0.25) is 19.7 Å². The molecule has 0 aromatic heterocycles. The van der Waals surface area contributed by atoms with Crippen LogP contribution in [0.4, 0.5) is 5.69 Å². The minimum absolute atomic E-state index is 0.359. The number of fused-ring (bicyclic) bond motifs is 1. The van der Waals surface area contributed by atoms with Crippen molar-refractivity contribution in [2.45, 2.75) is 19.1 Å². The number of nitrogens with one attached hydrogen (secondary N) is 1. The van der Waals surface area contributed by atoms with Gasteiger partial charge in [-0.25, -0.2) is 5.06 Å². The predicted molar refractivity (Wildman–Crippen MR) is 94.4 cm³/mol. The molecule has 0 saturated carbocycles. The lowest BCUT2D eigenvalue weighted by molar-refractivity contribution is -0.129. The van der Waals surface area contributed by atoms with Crippen LogP contribution in [0.3, 0.4) is 0 Å². The number of carbonyl (C=O) groups excluding carboxylic acids is 2. The molecular weight excluding hydrogens is 363 g/mol. The maximum Gasteiger partial charge on any atom is 0.259 e. The van der Waals surface area contributed by atoms with E-state index < -0.39 is 24.0 Å². The second-order valence-corrected chi connectivity index (χ2v) is 6.97. The van der Waals surface area contributed by atoms with E-state index in [0.717, 1.165) is 11.3 Å². The lowest BCUT2D eigenvalue weighted by atomic mass is 9.90. The highest BCUT2D eigenvalue weighted by Gasteiger charge is 2.57. The number of hydroxylamine groups is 1. The summed E-state index contributed by atoms with van der Waals surface area (Å²) in [5.41, 5.74) is 2.44. The molecule has 5 nitrogen and oxygen atoms in total.